The molecule has 0 bridgehead atoms. The molecular weight excluding hydrogens is 386 g/mol. The van der Waals surface area contributed by atoms with Gasteiger partial charge in [0.2, 0.25) is 0 Å². The summed E-state index contributed by atoms with van der Waals surface area (Å²) in [5.41, 5.74) is 4.53. The third kappa shape index (κ3) is 2.68. The fourth-order valence-electron chi connectivity index (χ4n) is 3.36. The van der Waals surface area contributed by atoms with Gasteiger partial charge in [0.25, 0.3) is 5.89 Å². The van der Waals surface area contributed by atoms with Gasteiger partial charge in [-0.1, -0.05) is 41.2 Å². The molecule has 4 heterocycles. The van der Waals surface area contributed by atoms with Crippen molar-refractivity contribution in [1.29, 1.82) is 0 Å². The molecule has 29 heavy (non-hydrogen) atoms. The summed E-state index contributed by atoms with van der Waals surface area (Å²) < 4.78 is 12.5. The Kier molecular flexibility index (Phi) is 3.63. The van der Waals surface area contributed by atoms with Crippen molar-refractivity contribution >= 4 is 39.3 Å². The molecule has 6 rings (SSSR count). The maximum atomic E-state index is 5.34. The average molecular weight is 399 g/mol. The minimum Gasteiger partial charge on any atom is -0.472 e. The molecule has 0 spiro atoms. The number of rotatable bonds is 4. The summed E-state index contributed by atoms with van der Waals surface area (Å²) in [6.07, 6.45) is 3.16. The van der Waals surface area contributed by atoms with Gasteiger partial charge in [-0.05, 0) is 30.3 Å². The molecular formula is C21H13N5O2S. The first kappa shape index (κ1) is 16.3. The summed E-state index contributed by atoms with van der Waals surface area (Å²) in [5, 5.41) is 5.94. The van der Waals surface area contributed by atoms with Crippen LogP contribution in [0, 0.1) is 0 Å². The lowest BCUT2D eigenvalue weighted by Gasteiger charge is -2.07. The van der Waals surface area contributed by atoms with E-state index in [1.807, 2.05) is 42.5 Å². The highest BCUT2D eigenvalue weighted by Gasteiger charge is 2.16. The van der Waals surface area contributed by atoms with Gasteiger partial charge in [-0.3, -0.25) is 4.40 Å². The van der Waals surface area contributed by atoms with Crippen LogP contribution in [0.3, 0.4) is 0 Å². The van der Waals surface area contributed by atoms with E-state index in [0.717, 1.165) is 38.3 Å². The van der Waals surface area contributed by atoms with E-state index in [-0.39, 0.29) is 0 Å². The molecule has 0 saturated heterocycles. The Balaban J connectivity index is 1.44. The fraction of sp³-hybridized carbons (Fsp3) is 0.0476. The summed E-state index contributed by atoms with van der Waals surface area (Å²) >= 11 is 1.55. The minimum atomic E-state index is 0.444. The number of nitrogens with zero attached hydrogens (tertiary/aromatic N) is 5. The van der Waals surface area contributed by atoms with Crippen LogP contribution in [0.1, 0.15) is 5.82 Å². The number of thioether (sulfide) groups is 1. The average Bonchev–Trinajstić information content (AvgIpc) is 3.51. The minimum absolute atomic E-state index is 0.444. The van der Waals surface area contributed by atoms with Crippen molar-refractivity contribution in [3.63, 3.8) is 0 Å². The van der Waals surface area contributed by atoms with Crippen LogP contribution in [-0.4, -0.2) is 24.5 Å². The van der Waals surface area contributed by atoms with Crippen LogP contribution in [0.15, 0.2) is 81.2 Å². The molecule has 0 amide bonds. The number of furan rings is 1. The highest BCUT2D eigenvalue weighted by molar-refractivity contribution is 7.98. The number of hydrogen-bond acceptors (Lipinski definition) is 7. The van der Waals surface area contributed by atoms with E-state index in [2.05, 4.69) is 20.6 Å². The largest absolute Gasteiger partial charge is 0.472 e. The van der Waals surface area contributed by atoms with E-state index in [1.54, 1.807) is 30.4 Å². The van der Waals surface area contributed by atoms with Crippen molar-refractivity contribution in [2.45, 2.75) is 10.9 Å². The van der Waals surface area contributed by atoms with Crippen molar-refractivity contribution in [2.75, 3.05) is 0 Å². The molecule has 2 aromatic carbocycles. The first-order valence-corrected chi connectivity index (χ1v) is 9.99. The van der Waals surface area contributed by atoms with E-state index < -0.39 is 0 Å². The van der Waals surface area contributed by atoms with Crippen LogP contribution in [0.5, 0.6) is 0 Å². The number of benzene rings is 2. The van der Waals surface area contributed by atoms with E-state index in [0.29, 0.717) is 17.5 Å². The maximum Gasteiger partial charge on any atom is 0.261 e. The fourth-order valence-corrected chi connectivity index (χ4v) is 4.21. The molecule has 0 unspecified atom stereocenters. The first-order chi connectivity index (χ1) is 14.4. The highest BCUT2D eigenvalue weighted by atomic mass is 32.2. The van der Waals surface area contributed by atoms with Gasteiger partial charge in [0.05, 0.1) is 34.1 Å². The predicted molar refractivity (Wildman–Crippen MR) is 110 cm³/mol. The molecule has 4 aromatic heterocycles. The van der Waals surface area contributed by atoms with Crippen molar-refractivity contribution in [3.8, 4) is 11.5 Å². The van der Waals surface area contributed by atoms with Gasteiger partial charge >= 0.3 is 0 Å². The molecule has 0 aliphatic rings. The molecule has 0 fully saturated rings. The number of fused-ring (bicyclic) bond motifs is 5. The van der Waals surface area contributed by atoms with Crippen molar-refractivity contribution in [2.24, 2.45) is 0 Å². The number of imidazole rings is 1. The zero-order valence-corrected chi connectivity index (χ0v) is 15.8. The summed E-state index contributed by atoms with van der Waals surface area (Å²) in [6.45, 7) is 0. The van der Waals surface area contributed by atoms with Crippen LogP contribution >= 0.6 is 11.8 Å². The van der Waals surface area contributed by atoms with Gasteiger partial charge in [0.1, 0.15) is 11.9 Å². The Morgan fingerprint density at radius 1 is 0.897 bits per heavy atom. The standard InChI is InChI=1S/C21H13N5O2S/c1-2-6-15-14(5-1)19-22-16-7-3-4-8-17(16)26(19)21(23-15)29-12-18-24-20(28-25-18)13-9-10-27-11-13/h1-11H,12H2. The summed E-state index contributed by atoms with van der Waals surface area (Å²) in [5.74, 6) is 1.56. The van der Waals surface area contributed by atoms with Crippen LogP contribution in [0.2, 0.25) is 0 Å². The molecule has 7 nitrogen and oxygen atoms in total. The lowest BCUT2D eigenvalue weighted by atomic mass is 10.2. The zero-order chi connectivity index (χ0) is 19.2. The second kappa shape index (κ2) is 6.46. The monoisotopic (exact) mass is 399 g/mol. The Labute approximate surface area is 168 Å². The van der Waals surface area contributed by atoms with E-state index in [9.17, 15) is 0 Å². The van der Waals surface area contributed by atoms with Crippen LogP contribution in [0.25, 0.3) is 39.0 Å². The van der Waals surface area contributed by atoms with E-state index >= 15 is 0 Å². The lowest BCUT2D eigenvalue weighted by Crippen LogP contribution is -1.97. The molecule has 8 heteroatoms. The van der Waals surface area contributed by atoms with Gasteiger partial charge < -0.3 is 8.94 Å². The van der Waals surface area contributed by atoms with Crippen LogP contribution in [0.4, 0.5) is 0 Å². The predicted octanol–water partition coefficient (Wildman–Crippen LogP) is 4.97. The van der Waals surface area contributed by atoms with Gasteiger partial charge in [-0.2, -0.15) is 4.98 Å². The first-order valence-electron chi connectivity index (χ1n) is 9.01. The summed E-state index contributed by atoms with van der Waals surface area (Å²) in [6, 6.07) is 17.9. The Morgan fingerprint density at radius 2 is 1.76 bits per heavy atom. The molecule has 0 aliphatic heterocycles. The quantitative estimate of drug-likeness (QED) is 0.306. The highest BCUT2D eigenvalue weighted by Crippen LogP contribution is 2.30. The van der Waals surface area contributed by atoms with Gasteiger partial charge in [-0.25, -0.2) is 9.97 Å². The third-order valence-electron chi connectivity index (χ3n) is 4.68. The van der Waals surface area contributed by atoms with Gasteiger partial charge in [-0.15, -0.1) is 0 Å². The molecule has 0 saturated carbocycles. The van der Waals surface area contributed by atoms with Crippen molar-refractivity contribution < 1.29 is 8.94 Å². The second-order valence-corrected chi connectivity index (χ2v) is 7.43. The zero-order valence-electron chi connectivity index (χ0n) is 15.0. The molecule has 0 atom stereocenters. The van der Waals surface area contributed by atoms with E-state index in [1.165, 1.54) is 0 Å². The topological polar surface area (TPSA) is 82.2 Å². The summed E-state index contributed by atoms with van der Waals surface area (Å²) in [7, 11) is 0. The molecule has 0 aliphatic carbocycles. The smallest absolute Gasteiger partial charge is 0.261 e. The second-order valence-electron chi connectivity index (χ2n) is 6.49. The Morgan fingerprint density at radius 3 is 2.66 bits per heavy atom. The normalized spacial score (nSPS) is 11.7. The molecule has 140 valence electrons. The molecule has 0 radical (unpaired) electrons. The lowest BCUT2D eigenvalue weighted by molar-refractivity contribution is 0.424. The van der Waals surface area contributed by atoms with Crippen molar-refractivity contribution in [3.05, 3.63) is 72.9 Å². The molecule has 6 aromatic rings. The molecule has 0 N–H and O–H groups in total. The third-order valence-corrected chi connectivity index (χ3v) is 5.61. The SMILES string of the molecule is c1ccc2c(c1)nc(SCc1noc(-c3ccoc3)n1)n1c3ccccc3nc21. The van der Waals surface area contributed by atoms with Crippen molar-refractivity contribution in [1.82, 2.24) is 24.5 Å². The maximum absolute atomic E-state index is 5.34. The number of hydrogen-bond donors (Lipinski definition) is 0. The van der Waals surface area contributed by atoms with E-state index in [4.69, 9.17) is 18.9 Å². The van der Waals surface area contributed by atoms with Crippen LogP contribution in [-0.2, 0) is 5.75 Å². The number of para-hydroxylation sites is 3. The summed E-state index contributed by atoms with van der Waals surface area (Å²) in [4.78, 5) is 14.2. The number of aromatic nitrogens is 5. The van der Waals surface area contributed by atoms with Gasteiger partial charge in [0.15, 0.2) is 11.0 Å². The van der Waals surface area contributed by atoms with Crippen LogP contribution < -0.4 is 0 Å². The Bertz CT molecular complexity index is 1470. The van der Waals surface area contributed by atoms with Gasteiger partial charge in [0, 0.05) is 5.39 Å². The Hall–Kier alpha value is -3.65.